The van der Waals surface area contributed by atoms with Crippen LogP contribution in [0.2, 0.25) is 0 Å². The largest absolute Gasteiger partial charge is 0.482 e. The molecule has 0 bridgehead atoms. The van der Waals surface area contributed by atoms with E-state index in [1.807, 2.05) is 12.1 Å². The molecular formula is C20H24O4. The molecule has 3 aliphatic carbocycles. The SMILES string of the molecule is C[C@]12CC[C@H]3c4ccc(OCC(=O)O)cc4CC[C@@H]3[C@@H]1CCC2=O. The summed E-state index contributed by atoms with van der Waals surface area (Å²) in [7, 11) is 0. The summed E-state index contributed by atoms with van der Waals surface area (Å²) in [6.07, 6.45) is 6.06. The van der Waals surface area contributed by atoms with Crippen LogP contribution in [0, 0.1) is 17.3 Å². The predicted octanol–water partition coefficient (Wildman–Crippen LogP) is 3.58. The molecule has 0 amide bonds. The van der Waals surface area contributed by atoms with E-state index in [9.17, 15) is 9.59 Å². The monoisotopic (exact) mass is 328 g/mol. The number of fused-ring (bicyclic) bond motifs is 5. The smallest absolute Gasteiger partial charge is 0.341 e. The van der Waals surface area contributed by atoms with Crippen molar-refractivity contribution in [2.75, 3.05) is 6.61 Å². The molecule has 0 heterocycles. The highest BCUT2D eigenvalue weighted by Crippen LogP contribution is 2.59. The second kappa shape index (κ2) is 5.61. The summed E-state index contributed by atoms with van der Waals surface area (Å²) >= 11 is 0. The lowest BCUT2D eigenvalue weighted by Gasteiger charge is -2.48. The van der Waals surface area contributed by atoms with Crippen molar-refractivity contribution >= 4 is 11.8 Å². The molecule has 4 heteroatoms. The van der Waals surface area contributed by atoms with Gasteiger partial charge in [-0.05, 0) is 73.1 Å². The normalized spacial score (nSPS) is 34.2. The second-order valence-electron chi connectivity index (χ2n) is 7.88. The maximum absolute atomic E-state index is 12.4. The van der Waals surface area contributed by atoms with Crippen molar-refractivity contribution in [2.24, 2.45) is 17.3 Å². The standard InChI is InChI=1S/C20H24O4/c1-20-9-8-15-14-5-3-13(24-11-19(22)23)10-12(14)2-4-16(15)17(20)6-7-18(20)21/h3,5,10,15-17H,2,4,6-9,11H2,1H3,(H,22,23)/t15-,16-,17-,20-/m0/s1. The Morgan fingerprint density at radius 3 is 2.92 bits per heavy atom. The van der Waals surface area contributed by atoms with Crippen LogP contribution >= 0.6 is 0 Å². The Hall–Kier alpha value is -1.84. The molecule has 4 atom stereocenters. The third-order valence-corrected chi connectivity index (χ3v) is 6.77. The van der Waals surface area contributed by atoms with E-state index in [0.29, 0.717) is 29.3 Å². The average molecular weight is 328 g/mol. The van der Waals surface area contributed by atoms with Crippen LogP contribution < -0.4 is 4.74 Å². The number of aliphatic carboxylic acids is 1. The van der Waals surface area contributed by atoms with E-state index in [4.69, 9.17) is 9.84 Å². The van der Waals surface area contributed by atoms with Gasteiger partial charge < -0.3 is 9.84 Å². The molecule has 0 spiro atoms. The van der Waals surface area contributed by atoms with Crippen LogP contribution in [0.5, 0.6) is 5.75 Å². The maximum atomic E-state index is 12.4. The summed E-state index contributed by atoms with van der Waals surface area (Å²) < 4.78 is 5.32. The van der Waals surface area contributed by atoms with Gasteiger partial charge in [0.25, 0.3) is 0 Å². The molecule has 24 heavy (non-hydrogen) atoms. The number of carboxylic acids is 1. The number of carbonyl (C=O) groups is 2. The molecule has 0 radical (unpaired) electrons. The van der Waals surface area contributed by atoms with E-state index in [1.165, 1.54) is 11.1 Å². The first-order valence-electron chi connectivity index (χ1n) is 9.00. The summed E-state index contributed by atoms with van der Waals surface area (Å²) in [5.41, 5.74) is 2.62. The van der Waals surface area contributed by atoms with Crippen molar-refractivity contribution in [3.63, 3.8) is 0 Å². The molecule has 128 valence electrons. The topological polar surface area (TPSA) is 63.6 Å². The number of Topliss-reactive ketones (excluding diaryl/α,β-unsaturated/α-hetero) is 1. The van der Waals surface area contributed by atoms with Gasteiger partial charge in [0.2, 0.25) is 0 Å². The lowest BCUT2D eigenvalue weighted by Crippen LogP contribution is -2.42. The zero-order valence-electron chi connectivity index (χ0n) is 14.1. The molecule has 0 unspecified atom stereocenters. The van der Waals surface area contributed by atoms with E-state index in [1.54, 1.807) is 0 Å². The van der Waals surface area contributed by atoms with Crippen LogP contribution in [-0.4, -0.2) is 23.5 Å². The predicted molar refractivity (Wildman–Crippen MR) is 89.2 cm³/mol. The fourth-order valence-electron chi connectivity index (χ4n) is 5.56. The number of carbonyl (C=O) groups excluding carboxylic acids is 1. The molecule has 4 nitrogen and oxygen atoms in total. The van der Waals surface area contributed by atoms with Gasteiger partial charge >= 0.3 is 5.97 Å². The van der Waals surface area contributed by atoms with Gasteiger partial charge in [-0.1, -0.05) is 13.0 Å². The lowest BCUT2D eigenvalue weighted by molar-refractivity contribution is -0.139. The Bertz CT molecular complexity index is 695. The molecule has 0 aromatic heterocycles. The number of benzene rings is 1. The first-order valence-corrected chi connectivity index (χ1v) is 9.00. The molecule has 4 rings (SSSR count). The van der Waals surface area contributed by atoms with E-state index in [-0.39, 0.29) is 12.0 Å². The van der Waals surface area contributed by atoms with Crippen LogP contribution in [0.1, 0.15) is 56.1 Å². The lowest BCUT2D eigenvalue weighted by atomic mass is 9.55. The van der Waals surface area contributed by atoms with Crippen LogP contribution in [0.25, 0.3) is 0 Å². The summed E-state index contributed by atoms with van der Waals surface area (Å²) in [5, 5.41) is 8.75. The molecule has 1 aromatic carbocycles. The van der Waals surface area contributed by atoms with Crippen LogP contribution in [0.3, 0.4) is 0 Å². The maximum Gasteiger partial charge on any atom is 0.341 e. The average Bonchev–Trinajstić information content (AvgIpc) is 2.88. The molecule has 1 N–H and O–H groups in total. The van der Waals surface area contributed by atoms with Gasteiger partial charge in [0.05, 0.1) is 0 Å². The number of hydrogen-bond acceptors (Lipinski definition) is 3. The van der Waals surface area contributed by atoms with Crippen molar-refractivity contribution in [3.05, 3.63) is 29.3 Å². The fourth-order valence-corrected chi connectivity index (χ4v) is 5.56. The minimum atomic E-state index is -0.953. The molecule has 3 aliphatic rings. The van der Waals surface area contributed by atoms with Crippen molar-refractivity contribution < 1.29 is 19.4 Å². The number of rotatable bonds is 3. The van der Waals surface area contributed by atoms with Crippen molar-refractivity contribution in [2.45, 2.75) is 51.4 Å². The van der Waals surface area contributed by atoms with Crippen molar-refractivity contribution in [1.29, 1.82) is 0 Å². The minimum absolute atomic E-state index is 0.0801. The first-order chi connectivity index (χ1) is 11.5. The Morgan fingerprint density at radius 1 is 1.29 bits per heavy atom. The van der Waals surface area contributed by atoms with E-state index in [0.717, 1.165) is 38.5 Å². The van der Waals surface area contributed by atoms with E-state index < -0.39 is 5.97 Å². The highest BCUT2D eigenvalue weighted by molar-refractivity contribution is 5.87. The van der Waals surface area contributed by atoms with E-state index >= 15 is 0 Å². The Balaban J connectivity index is 1.59. The van der Waals surface area contributed by atoms with Crippen molar-refractivity contribution in [3.8, 4) is 5.75 Å². The third kappa shape index (κ3) is 2.35. The van der Waals surface area contributed by atoms with E-state index in [2.05, 4.69) is 13.0 Å². The Labute approximate surface area is 142 Å². The molecular weight excluding hydrogens is 304 g/mol. The van der Waals surface area contributed by atoms with Crippen LogP contribution in [0.4, 0.5) is 0 Å². The highest BCUT2D eigenvalue weighted by Gasteiger charge is 2.54. The van der Waals surface area contributed by atoms with Gasteiger partial charge in [-0.2, -0.15) is 0 Å². The third-order valence-electron chi connectivity index (χ3n) is 6.77. The fraction of sp³-hybridized carbons (Fsp3) is 0.600. The van der Waals surface area contributed by atoms with Gasteiger partial charge in [0, 0.05) is 11.8 Å². The zero-order valence-corrected chi connectivity index (χ0v) is 14.1. The Kier molecular flexibility index (Phi) is 3.66. The first kappa shape index (κ1) is 15.7. The number of hydrogen-bond donors (Lipinski definition) is 1. The van der Waals surface area contributed by atoms with Gasteiger partial charge in [-0.3, -0.25) is 4.79 Å². The Morgan fingerprint density at radius 2 is 2.12 bits per heavy atom. The molecule has 2 saturated carbocycles. The second-order valence-corrected chi connectivity index (χ2v) is 7.88. The number of carboxylic acid groups (broad SMARTS) is 1. The summed E-state index contributed by atoms with van der Waals surface area (Å²) in [4.78, 5) is 23.0. The minimum Gasteiger partial charge on any atom is -0.482 e. The van der Waals surface area contributed by atoms with Gasteiger partial charge in [-0.25, -0.2) is 4.79 Å². The molecule has 2 fully saturated rings. The summed E-state index contributed by atoms with van der Waals surface area (Å²) in [5.74, 6) is 1.88. The summed E-state index contributed by atoms with van der Waals surface area (Å²) in [6.45, 7) is 1.90. The van der Waals surface area contributed by atoms with Gasteiger partial charge in [0.15, 0.2) is 6.61 Å². The van der Waals surface area contributed by atoms with Gasteiger partial charge in [-0.15, -0.1) is 0 Å². The van der Waals surface area contributed by atoms with Crippen molar-refractivity contribution in [1.82, 2.24) is 0 Å². The molecule has 0 saturated heterocycles. The van der Waals surface area contributed by atoms with Gasteiger partial charge in [0.1, 0.15) is 11.5 Å². The zero-order chi connectivity index (χ0) is 16.9. The number of ketones is 1. The quantitative estimate of drug-likeness (QED) is 0.921. The number of ether oxygens (including phenoxy) is 1. The number of aryl methyl sites for hydroxylation is 1. The highest BCUT2D eigenvalue weighted by atomic mass is 16.5. The van der Waals surface area contributed by atoms with Crippen LogP contribution in [-0.2, 0) is 16.0 Å². The summed E-state index contributed by atoms with van der Waals surface area (Å²) in [6, 6.07) is 6.04. The molecule has 0 aliphatic heterocycles. The molecule has 1 aromatic rings. The van der Waals surface area contributed by atoms with Crippen LogP contribution in [0.15, 0.2) is 18.2 Å².